The van der Waals surface area contributed by atoms with E-state index in [-0.39, 0.29) is 5.91 Å². The highest BCUT2D eigenvalue weighted by Crippen LogP contribution is 2.17. The molecular weight excluding hydrogens is 288 g/mol. The normalized spacial score (nSPS) is 10.7. The van der Waals surface area contributed by atoms with Crippen LogP contribution >= 0.6 is 0 Å². The first-order valence-electron chi connectivity index (χ1n) is 8.03. The van der Waals surface area contributed by atoms with E-state index in [2.05, 4.69) is 29.1 Å². The Morgan fingerprint density at radius 2 is 1.65 bits per heavy atom. The van der Waals surface area contributed by atoms with Crippen LogP contribution in [0.4, 0.5) is 11.6 Å². The number of carbonyl (C=O) groups is 1. The minimum atomic E-state index is -0.201. The molecule has 0 spiro atoms. The van der Waals surface area contributed by atoms with Crippen molar-refractivity contribution in [3.63, 3.8) is 0 Å². The average Bonchev–Trinajstić information content (AvgIpc) is 2.57. The van der Waals surface area contributed by atoms with Crippen LogP contribution in [0.3, 0.4) is 0 Å². The first kappa shape index (κ1) is 16.9. The molecule has 122 valence electrons. The van der Waals surface area contributed by atoms with Crippen molar-refractivity contribution in [3.8, 4) is 0 Å². The highest BCUT2D eigenvalue weighted by molar-refractivity contribution is 6.03. The van der Waals surface area contributed by atoms with Gasteiger partial charge in [-0.05, 0) is 37.5 Å². The molecule has 2 aromatic rings. The third-order valence-electron chi connectivity index (χ3n) is 3.78. The standard InChI is InChI=1S/C18H24N4O/c1-5-22(6-2)18-19-11-15(12-20-18)17(23)21-16-9-7-14(8-10-16)13(3)4/h7-13H,5-6H2,1-4H3,(H,21,23). The van der Waals surface area contributed by atoms with Gasteiger partial charge in [-0.25, -0.2) is 9.97 Å². The number of aromatic nitrogens is 2. The van der Waals surface area contributed by atoms with Crippen LogP contribution < -0.4 is 10.2 Å². The zero-order valence-electron chi connectivity index (χ0n) is 14.2. The van der Waals surface area contributed by atoms with Crippen LogP contribution in [0.5, 0.6) is 0 Å². The van der Waals surface area contributed by atoms with E-state index >= 15 is 0 Å². The average molecular weight is 312 g/mol. The van der Waals surface area contributed by atoms with Gasteiger partial charge >= 0.3 is 0 Å². The molecule has 0 aliphatic carbocycles. The Kier molecular flexibility index (Phi) is 5.68. The van der Waals surface area contributed by atoms with Crippen LogP contribution in [0.1, 0.15) is 49.5 Å². The number of benzene rings is 1. The summed E-state index contributed by atoms with van der Waals surface area (Å²) >= 11 is 0. The zero-order chi connectivity index (χ0) is 16.8. The monoisotopic (exact) mass is 312 g/mol. The van der Waals surface area contributed by atoms with E-state index in [0.717, 1.165) is 18.8 Å². The highest BCUT2D eigenvalue weighted by Gasteiger charge is 2.10. The smallest absolute Gasteiger partial charge is 0.258 e. The number of carbonyl (C=O) groups excluding carboxylic acids is 1. The minimum Gasteiger partial charge on any atom is -0.341 e. The molecule has 5 nitrogen and oxygen atoms in total. The minimum absolute atomic E-state index is 0.201. The molecule has 1 aromatic carbocycles. The van der Waals surface area contributed by atoms with E-state index in [4.69, 9.17) is 0 Å². The third-order valence-corrected chi connectivity index (χ3v) is 3.78. The second-order valence-electron chi connectivity index (χ2n) is 5.67. The fourth-order valence-corrected chi connectivity index (χ4v) is 2.26. The fraction of sp³-hybridized carbons (Fsp3) is 0.389. The lowest BCUT2D eigenvalue weighted by atomic mass is 10.0. The van der Waals surface area contributed by atoms with Crippen molar-refractivity contribution in [1.29, 1.82) is 0 Å². The van der Waals surface area contributed by atoms with Crippen molar-refractivity contribution in [3.05, 3.63) is 47.8 Å². The van der Waals surface area contributed by atoms with Gasteiger partial charge in [0.15, 0.2) is 0 Å². The molecule has 1 aromatic heterocycles. The highest BCUT2D eigenvalue weighted by atomic mass is 16.1. The van der Waals surface area contributed by atoms with Gasteiger partial charge in [0.05, 0.1) is 5.56 Å². The summed E-state index contributed by atoms with van der Waals surface area (Å²) in [4.78, 5) is 22.8. The van der Waals surface area contributed by atoms with Crippen molar-refractivity contribution in [1.82, 2.24) is 9.97 Å². The lowest BCUT2D eigenvalue weighted by molar-refractivity contribution is 0.102. The summed E-state index contributed by atoms with van der Waals surface area (Å²) in [5, 5.41) is 2.87. The molecule has 1 heterocycles. The lowest BCUT2D eigenvalue weighted by Gasteiger charge is -2.18. The van der Waals surface area contributed by atoms with Crippen molar-refractivity contribution in [2.45, 2.75) is 33.6 Å². The predicted molar refractivity (Wildman–Crippen MR) is 94.1 cm³/mol. The van der Waals surface area contributed by atoms with Crippen LogP contribution in [0.2, 0.25) is 0 Å². The second-order valence-corrected chi connectivity index (χ2v) is 5.67. The molecule has 1 amide bonds. The molecule has 5 heteroatoms. The number of anilines is 2. The Morgan fingerprint density at radius 1 is 1.09 bits per heavy atom. The van der Waals surface area contributed by atoms with E-state index in [0.29, 0.717) is 17.4 Å². The first-order chi connectivity index (χ1) is 11.0. The molecule has 0 bridgehead atoms. The van der Waals surface area contributed by atoms with Crippen LogP contribution in [-0.4, -0.2) is 29.0 Å². The largest absolute Gasteiger partial charge is 0.341 e. The molecule has 0 saturated carbocycles. The van der Waals surface area contributed by atoms with Gasteiger partial charge in [0.1, 0.15) is 0 Å². The van der Waals surface area contributed by atoms with Crippen LogP contribution in [0, 0.1) is 0 Å². The van der Waals surface area contributed by atoms with E-state index in [1.807, 2.05) is 43.0 Å². The number of nitrogens with zero attached hydrogens (tertiary/aromatic N) is 3. The van der Waals surface area contributed by atoms with Crippen LogP contribution in [0.25, 0.3) is 0 Å². The molecule has 0 aliphatic heterocycles. The van der Waals surface area contributed by atoms with Gasteiger partial charge in [-0.2, -0.15) is 0 Å². The van der Waals surface area contributed by atoms with Gasteiger partial charge in [0.2, 0.25) is 5.95 Å². The third kappa shape index (κ3) is 4.28. The Balaban J connectivity index is 2.05. The van der Waals surface area contributed by atoms with Gasteiger partial charge in [0, 0.05) is 31.2 Å². The molecule has 0 aliphatic rings. The van der Waals surface area contributed by atoms with Gasteiger partial charge in [-0.3, -0.25) is 4.79 Å². The van der Waals surface area contributed by atoms with Crippen molar-refractivity contribution < 1.29 is 4.79 Å². The Labute approximate surface area is 137 Å². The molecule has 0 radical (unpaired) electrons. The summed E-state index contributed by atoms with van der Waals surface area (Å²) in [5.41, 5.74) is 2.47. The maximum atomic E-state index is 12.2. The topological polar surface area (TPSA) is 58.1 Å². The predicted octanol–water partition coefficient (Wildman–Crippen LogP) is 3.70. The summed E-state index contributed by atoms with van der Waals surface area (Å²) in [6, 6.07) is 7.89. The molecule has 0 unspecified atom stereocenters. The Morgan fingerprint density at radius 3 is 2.13 bits per heavy atom. The van der Waals surface area contributed by atoms with E-state index in [1.165, 1.54) is 5.56 Å². The number of rotatable bonds is 6. The summed E-state index contributed by atoms with van der Waals surface area (Å²) in [6.45, 7) is 10.1. The molecule has 1 N–H and O–H groups in total. The Hall–Kier alpha value is -2.43. The van der Waals surface area contributed by atoms with Gasteiger partial charge < -0.3 is 10.2 Å². The molecule has 0 fully saturated rings. The zero-order valence-corrected chi connectivity index (χ0v) is 14.2. The van der Waals surface area contributed by atoms with Gasteiger partial charge in [-0.15, -0.1) is 0 Å². The summed E-state index contributed by atoms with van der Waals surface area (Å²) < 4.78 is 0. The number of hydrogen-bond donors (Lipinski definition) is 1. The summed E-state index contributed by atoms with van der Waals surface area (Å²) in [7, 11) is 0. The Bertz CT molecular complexity index is 631. The number of amides is 1. The van der Waals surface area contributed by atoms with E-state index in [1.54, 1.807) is 12.4 Å². The van der Waals surface area contributed by atoms with Gasteiger partial charge in [0.25, 0.3) is 5.91 Å². The summed E-state index contributed by atoms with van der Waals surface area (Å²) in [5.74, 6) is 0.919. The van der Waals surface area contributed by atoms with E-state index in [9.17, 15) is 4.79 Å². The van der Waals surface area contributed by atoms with Crippen molar-refractivity contribution >= 4 is 17.5 Å². The summed E-state index contributed by atoms with van der Waals surface area (Å²) in [6.07, 6.45) is 3.14. The van der Waals surface area contributed by atoms with Crippen LogP contribution in [0.15, 0.2) is 36.7 Å². The second kappa shape index (κ2) is 7.72. The lowest BCUT2D eigenvalue weighted by Crippen LogP contribution is -2.24. The molecule has 2 rings (SSSR count). The molecule has 0 saturated heterocycles. The fourth-order valence-electron chi connectivity index (χ4n) is 2.26. The SMILES string of the molecule is CCN(CC)c1ncc(C(=O)Nc2ccc(C(C)C)cc2)cn1. The first-order valence-corrected chi connectivity index (χ1v) is 8.03. The number of hydrogen-bond acceptors (Lipinski definition) is 4. The quantitative estimate of drug-likeness (QED) is 0.883. The molecule has 23 heavy (non-hydrogen) atoms. The maximum Gasteiger partial charge on any atom is 0.258 e. The molecular formula is C18H24N4O. The van der Waals surface area contributed by atoms with E-state index < -0.39 is 0 Å². The van der Waals surface area contributed by atoms with Crippen molar-refractivity contribution in [2.75, 3.05) is 23.3 Å². The van der Waals surface area contributed by atoms with Crippen LogP contribution in [-0.2, 0) is 0 Å². The molecule has 0 atom stereocenters. The van der Waals surface area contributed by atoms with Gasteiger partial charge in [-0.1, -0.05) is 26.0 Å². The number of nitrogens with one attached hydrogen (secondary N) is 1. The van der Waals surface area contributed by atoms with Crippen molar-refractivity contribution in [2.24, 2.45) is 0 Å². The maximum absolute atomic E-state index is 12.2.